The molecule has 1 aliphatic carbocycles. The number of hydrogen-bond donors (Lipinski definition) is 1. The van der Waals surface area contributed by atoms with E-state index < -0.39 is 0 Å². The number of rotatable bonds is 7. The summed E-state index contributed by atoms with van der Waals surface area (Å²) in [6.07, 6.45) is 2.78. The third kappa shape index (κ3) is 4.43. The van der Waals surface area contributed by atoms with Crippen LogP contribution in [0.3, 0.4) is 0 Å². The molecule has 1 heterocycles. The van der Waals surface area contributed by atoms with Gasteiger partial charge in [-0.3, -0.25) is 0 Å². The van der Waals surface area contributed by atoms with Crippen molar-refractivity contribution in [1.82, 2.24) is 10.2 Å². The number of benzene rings is 1. The molecule has 0 amide bonds. The second-order valence-electron chi connectivity index (χ2n) is 6.15. The maximum atomic E-state index is 5.40. The van der Waals surface area contributed by atoms with Crippen molar-refractivity contribution in [3.8, 4) is 0 Å². The van der Waals surface area contributed by atoms with Gasteiger partial charge in [0.25, 0.3) is 0 Å². The third-order valence-electron chi connectivity index (χ3n) is 4.45. The highest BCUT2D eigenvalue weighted by Gasteiger charge is 2.25. The van der Waals surface area contributed by atoms with Crippen molar-refractivity contribution in [2.45, 2.75) is 25.4 Å². The Morgan fingerprint density at radius 2 is 1.90 bits per heavy atom. The molecule has 1 aromatic rings. The molecule has 4 nitrogen and oxygen atoms in total. The first-order chi connectivity index (χ1) is 10.3. The maximum absolute atomic E-state index is 5.40. The predicted octanol–water partition coefficient (Wildman–Crippen LogP) is 1.71. The van der Waals surface area contributed by atoms with E-state index in [1.165, 1.54) is 24.1 Å². The monoisotopic (exact) mass is 289 g/mol. The molecule has 1 saturated heterocycles. The van der Waals surface area contributed by atoms with E-state index in [4.69, 9.17) is 4.74 Å². The summed E-state index contributed by atoms with van der Waals surface area (Å²) >= 11 is 0. The first-order valence-corrected chi connectivity index (χ1v) is 8.15. The summed E-state index contributed by atoms with van der Waals surface area (Å²) in [6, 6.07) is 9.81. The number of likely N-dealkylation sites (N-methyl/N-ethyl adjacent to an activating group) is 1. The van der Waals surface area contributed by atoms with Crippen molar-refractivity contribution in [3.05, 3.63) is 29.8 Å². The van der Waals surface area contributed by atoms with Gasteiger partial charge in [-0.15, -0.1) is 0 Å². The highest BCUT2D eigenvalue weighted by Crippen LogP contribution is 2.24. The molecule has 1 aliphatic heterocycles. The SMILES string of the molecule is CN(CCNCc1ccc(N2CCOCC2)cc1)C1CC1. The van der Waals surface area contributed by atoms with Gasteiger partial charge in [-0.05, 0) is 37.6 Å². The molecule has 0 spiro atoms. The van der Waals surface area contributed by atoms with Crippen LogP contribution in [0.25, 0.3) is 0 Å². The largest absolute Gasteiger partial charge is 0.378 e. The van der Waals surface area contributed by atoms with Crippen molar-refractivity contribution in [2.75, 3.05) is 51.3 Å². The van der Waals surface area contributed by atoms with Crippen molar-refractivity contribution < 1.29 is 4.74 Å². The summed E-state index contributed by atoms with van der Waals surface area (Å²) in [7, 11) is 2.23. The van der Waals surface area contributed by atoms with Crippen LogP contribution in [0.5, 0.6) is 0 Å². The highest BCUT2D eigenvalue weighted by atomic mass is 16.5. The van der Waals surface area contributed by atoms with Crippen molar-refractivity contribution in [1.29, 1.82) is 0 Å². The first kappa shape index (κ1) is 14.8. The Labute approximate surface area is 128 Å². The molecular weight excluding hydrogens is 262 g/mol. The summed E-state index contributed by atoms with van der Waals surface area (Å²) in [5.74, 6) is 0. The number of nitrogens with zero attached hydrogens (tertiary/aromatic N) is 2. The minimum Gasteiger partial charge on any atom is -0.378 e. The molecular formula is C17H27N3O. The fourth-order valence-corrected chi connectivity index (χ4v) is 2.83. The van der Waals surface area contributed by atoms with E-state index in [1.807, 2.05) is 0 Å². The van der Waals surface area contributed by atoms with Gasteiger partial charge in [-0.25, -0.2) is 0 Å². The van der Waals surface area contributed by atoms with Gasteiger partial charge in [0.05, 0.1) is 13.2 Å². The molecule has 2 aliphatic rings. The minimum absolute atomic E-state index is 0.845. The third-order valence-corrected chi connectivity index (χ3v) is 4.45. The maximum Gasteiger partial charge on any atom is 0.0642 e. The van der Waals surface area contributed by atoms with Gasteiger partial charge in [-0.1, -0.05) is 12.1 Å². The van der Waals surface area contributed by atoms with Crippen LogP contribution in [0.2, 0.25) is 0 Å². The Balaban J connectivity index is 1.39. The van der Waals surface area contributed by atoms with Crippen LogP contribution in [0.15, 0.2) is 24.3 Å². The molecule has 1 N–H and O–H groups in total. The molecule has 3 rings (SSSR count). The molecule has 1 aromatic carbocycles. The van der Waals surface area contributed by atoms with Gasteiger partial charge < -0.3 is 19.9 Å². The zero-order chi connectivity index (χ0) is 14.5. The van der Waals surface area contributed by atoms with Crippen LogP contribution in [-0.2, 0) is 11.3 Å². The first-order valence-electron chi connectivity index (χ1n) is 8.15. The Kier molecular flexibility index (Phi) is 5.12. The van der Waals surface area contributed by atoms with Gasteiger partial charge in [0.15, 0.2) is 0 Å². The van der Waals surface area contributed by atoms with Gasteiger partial charge >= 0.3 is 0 Å². The van der Waals surface area contributed by atoms with Gasteiger partial charge in [-0.2, -0.15) is 0 Å². The normalized spacial score (nSPS) is 19.2. The Morgan fingerprint density at radius 3 is 2.57 bits per heavy atom. The van der Waals surface area contributed by atoms with E-state index in [9.17, 15) is 0 Å². The van der Waals surface area contributed by atoms with Crippen LogP contribution in [0, 0.1) is 0 Å². The van der Waals surface area contributed by atoms with E-state index in [-0.39, 0.29) is 0 Å². The van der Waals surface area contributed by atoms with E-state index in [2.05, 4.69) is 46.4 Å². The number of ether oxygens (including phenoxy) is 1. The number of nitrogens with one attached hydrogen (secondary N) is 1. The Bertz CT molecular complexity index is 424. The summed E-state index contributed by atoms with van der Waals surface area (Å²) < 4.78 is 5.40. The molecule has 21 heavy (non-hydrogen) atoms. The Hall–Kier alpha value is -1.10. The molecule has 0 atom stereocenters. The lowest BCUT2D eigenvalue weighted by Gasteiger charge is -2.28. The van der Waals surface area contributed by atoms with Gasteiger partial charge in [0.1, 0.15) is 0 Å². The minimum atomic E-state index is 0.845. The van der Waals surface area contributed by atoms with Crippen LogP contribution >= 0.6 is 0 Å². The zero-order valence-corrected chi connectivity index (χ0v) is 13.1. The molecule has 2 fully saturated rings. The highest BCUT2D eigenvalue weighted by molar-refractivity contribution is 5.47. The molecule has 1 saturated carbocycles. The average Bonchev–Trinajstić information content (AvgIpc) is 3.38. The van der Waals surface area contributed by atoms with E-state index in [0.29, 0.717) is 0 Å². The molecule has 0 aromatic heterocycles. The average molecular weight is 289 g/mol. The summed E-state index contributed by atoms with van der Waals surface area (Å²) in [4.78, 5) is 4.86. The fourth-order valence-electron chi connectivity index (χ4n) is 2.83. The lowest BCUT2D eigenvalue weighted by molar-refractivity contribution is 0.122. The molecule has 0 bridgehead atoms. The standard InChI is InChI=1S/C17H27N3O/c1-19(16-6-7-16)9-8-18-14-15-2-4-17(5-3-15)20-10-12-21-13-11-20/h2-5,16,18H,6-14H2,1H3. The quantitative estimate of drug-likeness (QED) is 0.773. The van der Waals surface area contributed by atoms with E-state index in [0.717, 1.165) is 52.0 Å². The van der Waals surface area contributed by atoms with Crippen LogP contribution in [0.4, 0.5) is 5.69 Å². The topological polar surface area (TPSA) is 27.7 Å². The lowest BCUT2D eigenvalue weighted by atomic mass is 10.2. The second kappa shape index (κ2) is 7.25. The molecule has 116 valence electrons. The smallest absolute Gasteiger partial charge is 0.0642 e. The van der Waals surface area contributed by atoms with Crippen molar-refractivity contribution in [2.24, 2.45) is 0 Å². The fraction of sp³-hybridized carbons (Fsp3) is 0.647. The number of anilines is 1. The number of morpholine rings is 1. The Morgan fingerprint density at radius 1 is 1.19 bits per heavy atom. The second-order valence-corrected chi connectivity index (χ2v) is 6.15. The van der Waals surface area contributed by atoms with E-state index >= 15 is 0 Å². The van der Waals surface area contributed by atoms with Gasteiger partial charge in [0.2, 0.25) is 0 Å². The van der Waals surface area contributed by atoms with E-state index in [1.54, 1.807) is 0 Å². The summed E-state index contributed by atoms with van der Waals surface area (Å²) in [5, 5.41) is 3.54. The van der Waals surface area contributed by atoms with Crippen LogP contribution in [-0.4, -0.2) is 57.4 Å². The van der Waals surface area contributed by atoms with Crippen molar-refractivity contribution in [3.63, 3.8) is 0 Å². The zero-order valence-electron chi connectivity index (χ0n) is 13.1. The summed E-state index contributed by atoms with van der Waals surface area (Å²) in [6.45, 7) is 6.88. The molecule has 0 radical (unpaired) electrons. The molecule has 4 heteroatoms. The predicted molar refractivity (Wildman–Crippen MR) is 86.8 cm³/mol. The lowest BCUT2D eigenvalue weighted by Crippen LogP contribution is -2.36. The molecule has 0 unspecified atom stereocenters. The summed E-state index contributed by atoms with van der Waals surface area (Å²) in [5.41, 5.74) is 2.68. The van der Waals surface area contributed by atoms with Gasteiger partial charge in [0, 0.05) is 44.5 Å². The number of hydrogen-bond acceptors (Lipinski definition) is 4. The van der Waals surface area contributed by atoms with Crippen LogP contribution < -0.4 is 10.2 Å². The van der Waals surface area contributed by atoms with Crippen LogP contribution in [0.1, 0.15) is 18.4 Å². The van der Waals surface area contributed by atoms with Crippen molar-refractivity contribution >= 4 is 5.69 Å².